The van der Waals surface area contributed by atoms with Gasteiger partial charge in [0.25, 0.3) is 5.91 Å². The van der Waals surface area contributed by atoms with Crippen LogP contribution in [0.5, 0.6) is 5.75 Å². The summed E-state index contributed by atoms with van der Waals surface area (Å²) in [5.41, 5.74) is 2.63. The fourth-order valence-electron chi connectivity index (χ4n) is 2.96. The van der Waals surface area contributed by atoms with Gasteiger partial charge in [-0.25, -0.2) is 0 Å². The minimum Gasteiger partial charge on any atom is -0.487 e. The predicted octanol–water partition coefficient (Wildman–Crippen LogP) is 7.85. The van der Waals surface area contributed by atoms with E-state index < -0.39 is 0 Å². The number of hydrogen-bond acceptors (Lipinski definition) is 4. The van der Waals surface area contributed by atoms with Crippen LogP contribution in [0.15, 0.2) is 80.6 Å². The molecule has 4 rings (SSSR count). The first-order chi connectivity index (χ1) is 14.9. The molecule has 0 radical (unpaired) electrons. The van der Waals surface area contributed by atoms with Gasteiger partial charge in [-0.15, -0.1) is 0 Å². The number of carbonyl (C=O) groups is 1. The first kappa shape index (κ1) is 22.6. The fraction of sp³-hybridized carbons (Fsp3) is 0.0435. The minimum atomic E-state index is -0.128. The van der Waals surface area contributed by atoms with E-state index >= 15 is 0 Å². The average Bonchev–Trinajstić information content (AvgIpc) is 3.02. The molecule has 1 amide bonds. The summed E-state index contributed by atoms with van der Waals surface area (Å²) in [4.78, 5) is 15.1. The van der Waals surface area contributed by atoms with Crippen LogP contribution in [0.4, 0.5) is 5.69 Å². The van der Waals surface area contributed by atoms with Crippen molar-refractivity contribution in [3.8, 4) is 5.75 Å². The molecule has 0 unspecified atom stereocenters. The van der Waals surface area contributed by atoms with Crippen LogP contribution in [0.3, 0.4) is 0 Å². The highest BCUT2D eigenvalue weighted by molar-refractivity contribution is 9.11. The minimum absolute atomic E-state index is 0.128. The molecule has 3 nitrogen and oxygen atoms in total. The first-order valence-corrected chi connectivity index (χ1v) is 12.3. The Morgan fingerprint density at radius 2 is 1.68 bits per heavy atom. The summed E-state index contributed by atoms with van der Waals surface area (Å²) < 4.78 is 8.05. The number of para-hydroxylation sites is 1. The third kappa shape index (κ3) is 5.23. The van der Waals surface area contributed by atoms with Gasteiger partial charge in [-0.2, -0.15) is 0 Å². The molecule has 1 heterocycles. The van der Waals surface area contributed by atoms with Gasteiger partial charge >= 0.3 is 0 Å². The Kier molecular flexibility index (Phi) is 7.19. The van der Waals surface area contributed by atoms with Gasteiger partial charge < -0.3 is 4.74 Å². The molecule has 0 saturated carbocycles. The van der Waals surface area contributed by atoms with Crippen LogP contribution in [0, 0.1) is 0 Å². The lowest BCUT2D eigenvalue weighted by molar-refractivity contribution is -0.113. The van der Waals surface area contributed by atoms with Gasteiger partial charge in [0.05, 0.1) is 19.5 Å². The second kappa shape index (κ2) is 9.88. The molecule has 3 aromatic carbocycles. The van der Waals surface area contributed by atoms with Crippen molar-refractivity contribution in [1.82, 2.24) is 0 Å². The van der Waals surface area contributed by atoms with E-state index in [1.807, 2.05) is 72.8 Å². The molecule has 31 heavy (non-hydrogen) atoms. The Morgan fingerprint density at radius 3 is 2.32 bits per heavy atom. The number of hydrogen-bond donors (Lipinski definition) is 0. The molecule has 0 bridgehead atoms. The van der Waals surface area contributed by atoms with Crippen molar-refractivity contribution in [1.29, 1.82) is 0 Å². The van der Waals surface area contributed by atoms with Gasteiger partial charge in [-0.1, -0.05) is 65.9 Å². The molecule has 0 aliphatic carbocycles. The van der Waals surface area contributed by atoms with Gasteiger partial charge in [-0.05, 0) is 85.5 Å². The van der Waals surface area contributed by atoms with E-state index in [2.05, 4.69) is 31.9 Å². The number of amides is 1. The smallest absolute Gasteiger partial charge is 0.270 e. The fourth-order valence-corrected chi connectivity index (χ4v) is 5.83. The molecule has 8 heteroatoms. The molecular weight excluding hydrogens is 582 g/mol. The number of rotatable bonds is 5. The number of anilines is 1. The number of carbonyl (C=O) groups excluding carboxylic acids is 1. The summed E-state index contributed by atoms with van der Waals surface area (Å²) in [6.45, 7) is 0.406. The predicted molar refractivity (Wildman–Crippen MR) is 140 cm³/mol. The number of halogens is 3. The van der Waals surface area contributed by atoms with E-state index in [1.54, 1.807) is 4.90 Å². The Morgan fingerprint density at radius 1 is 1.03 bits per heavy atom. The van der Waals surface area contributed by atoms with Gasteiger partial charge in [-0.3, -0.25) is 9.69 Å². The van der Waals surface area contributed by atoms with Crippen molar-refractivity contribution in [2.75, 3.05) is 4.90 Å². The van der Waals surface area contributed by atoms with Gasteiger partial charge in [0.2, 0.25) is 0 Å². The van der Waals surface area contributed by atoms with Crippen LogP contribution in [0.25, 0.3) is 6.08 Å². The third-order valence-corrected chi connectivity index (χ3v) is 7.16. The van der Waals surface area contributed by atoms with Crippen molar-refractivity contribution < 1.29 is 9.53 Å². The molecule has 0 N–H and O–H groups in total. The third-order valence-electron chi connectivity index (χ3n) is 4.42. The molecule has 1 aliphatic rings. The molecule has 156 valence electrons. The summed E-state index contributed by atoms with van der Waals surface area (Å²) in [6.07, 6.45) is 1.83. The molecule has 0 aromatic heterocycles. The molecule has 0 atom stereocenters. The maximum Gasteiger partial charge on any atom is 0.270 e. The summed E-state index contributed by atoms with van der Waals surface area (Å²) in [7, 11) is 0. The van der Waals surface area contributed by atoms with Crippen LogP contribution in [0.1, 0.15) is 11.1 Å². The Labute approximate surface area is 211 Å². The lowest BCUT2D eigenvalue weighted by atomic mass is 10.2. The zero-order valence-corrected chi connectivity index (χ0v) is 21.4. The second-order valence-corrected chi connectivity index (χ2v) is 10.4. The first-order valence-electron chi connectivity index (χ1n) is 9.11. The molecule has 3 aromatic rings. The summed E-state index contributed by atoms with van der Waals surface area (Å²) in [5, 5.41) is 0.688. The van der Waals surface area contributed by atoms with E-state index in [0.29, 0.717) is 26.6 Å². The van der Waals surface area contributed by atoms with Crippen LogP contribution < -0.4 is 9.64 Å². The largest absolute Gasteiger partial charge is 0.487 e. The maximum atomic E-state index is 12.9. The van der Waals surface area contributed by atoms with Crippen molar-refractivity contribution in [2.45, 2.75) is 6.61 Å². The van der Waals surface area contributed by atoms with Crippen molar-refractivity contribution in [2.24, 2.45) is 0 Å². The summed E-state index contributed by atoms with van der Waals surface area (Å²) in [6, 6.07) is 20.7. The van der Waals surface area contributed by atoms with Crippen LogP contribution in [0.2, 0.25) is 5.02 Å². The van der Waals surface area contributed by atoms with E-state index in [-0.39, 0.29) is 5.91 Å². The van der Waals surface area contributed by atoms with Gasteiger partial charge in [0, 0.05) is 5.02 Å². The highest BCUT2D eigenvalue weighted by atomic mass is 79.9. The van der Waals surface area contributed by atoms with E-state index in [4.69, 9.17) is 28.6 Å². The lowest BCUT2D eigenvalue weighted by Gasteiger charge is -2.14. The van der Waals surface area contributed by atoms with Crippen molar-refractivity contribution in [3.05, 3.63) is 96.7 Å². The van der Waals surface area contributed by atoms with E-state index in [0.717, 1.165) is 25.8 Å². The number of thioether (sulfide) groups is 1. The van der Waals surface area contributed by atoms with Crippen molar-refractivity contribution >= 4 is 89.4 Å². The van der Waals surface area contributed by atoms with Gasteiger partial charge in [0.15, 0.2) is 4.32 Å². The zero-order chi connectivity index (χ0) is 22.0. The average molecular weight is 596 g/mol. The quantitative estimate of drug-likeness (QED) is 0.222. The highest BCUT2D eigenvalue weighted by Crippen LogP contribution is 2.39. The number of benzene rings is 3. The number of ether oxygens (including phenoxy) is 1. The number of thiocarbonyl (C=S) groups is 1. The second-order valence-electron chi connectivity index (χ2n) is 6.58. The highest BCUT2D eigenvalue weighted by Gasteiger charge is 2.33. The van der Waals surface area contributed by atoms with E-state index in [1.165, 1.54) is 11.8 Å². The topological polar surface area (TPSA) is 29.5 Å². The van der Waals surface area contributed by atoms with Gasteiger partial charge in [0.1, 0.15) is 12.4 Å². The molecule has 1 aliphatic heterocycles. The lowest BCUT2D eigenvalue weighted by Crippen LogP contribution is -2.27. The maximum absolute atomic E-state index is 12.9. The zero-order valence-electron chi connectivity index (χ0n) is 15.8. The van der Waals surface area contributed by atoms with Crippen LogP contribution in [-0.4, -0.2) is 10.2 Å². The number of nitrogens with zero attached hydrogens (tertiary/aromatic N) is 1. The Bertz CT molecular complexity index is 1160. The van der Waals surface area contributed by atoms with Crippen LogP contribution in [-0.2, 0) is 11.4 Å². The molecule has 1 saturated heterocycles. The summed E-state index contributed by atoms with van der Waals surface area (Å²) >= 11 is 19.8. The van der Waals surface area contributed by atoms with Crippen LogP contribution >= 0.6 is 67.4 Å². The van der Waals surface area contributed by atoms with E-state index in [9.17, 15) is 4.79 Å². The Hall–Kier alpha value is -1.64. The normalized spacial score (nSPS) is 15.1. The Balaban J connectivity index is 1.54. The molecule has 0 spiro atoms. The standard InChI is InChI=1S/C23H14Br2ClNO2S2/c24-18-10-15(11-19(25)21(18)29-13-14-6-8-16(26)9-7-14)12-20-22(28)27(23(30)31-20)17-4-2-1-3-5-17/h1-12H,13H2/b20-12+. The molecular formula is C23H14Br2ClNO2S2. The summed E-state index contributed by atoms with van der Waals surface area (Å²) in [5.74, 6) is 0.556. The molecule has 1 fully saturated rings. The van der Waals surface area contributed by atoms with Crippen molar-refractivity contribution in [3.63, 3.8) is 0 Å². The SMILES string of the molecule is O=C1/C(=C\c2cc(Br)c(OCc3ccc(Cl)cc3)c(Br)c2)SC(=S)N1c1ccccc1. The monoisotopic (exact) mass is 593 g/mol.